The van der Waals surface area contributed by atoms with Crippen molar-refractivity contribution in [1.29, 1.82) is 0 Å². The molecule has 0 heterocycles. The number of unbranched alkanes of at least 4 members (excludes halogenated alkanes) is 2. The van der Waals surface area contributed by atoms with E-state index in [2.05, 4.69) is 43.2 Å². The van der Waals surface area contributed by atoms with Gasteiger partial charge < -0.3 is 15.0 Å². The van der Waals surface area contributed by atoms with Crippen LogP contribution in [0.3, 0.4) is 0 Å². The molecule has 0 saturated heterocycles. The van der Waals surface area contributed by atoms with Crippen LogP contribution in [0.2, 0.25) is 0 Å². The molecule has 0 spiro atoms. The van der Waals surface area contributed by atoms with E-state index in [-0.39, 0.29) is 6.04 Å². The summed E-state index contributed by atoms with van der Waals surface area (Å²) in [6.07, 6.45) is 3.77. The molecule has 1 N–H and O–H groups in total. The Bertz CT molecular complexity index is 379. The Kier molecular flexibility index (Phi) is 6.71. The summed E-state index contributed by atoms with van der Waals surface area (Å²) in [5.41, 5.74) is 2.50. The van der Waals surface area contributed by atoms with Gasteiger partial charge in [0.2, 0.25) is 0 Å². The fourth-order valence-electron chi connectivity index (χ4n) is 2.34. The molecule has 1 unspecified atom stereocenters. The van der Waals surface area contributed by atoms with E-state index in [1.807, 2.05) is 13.1 Å². The average molecular weight is 264 g/mol. The fraction of sp³-hybridized carbons (Fsp3) is 0.625. The van der Waals surface area contributed by atoms with Crippen LogP contribution in [0.4, 0.5) is 5.69 Å². The highest BCUT2D eigenvalue weighted by molar-refractivity contribution is 5.60. The van der Waals surface area contributed by atoms with Gasteiger partial charge in [0.15, 0.2) is 0 Å². The number of hydrogen-bond acceptors (Lipinski definition) is 3. The van der Waals surface area contributed by atoms with Crippen LogP contribution in [0.1, 0.15) is 44.7 Å². The van der Waals surface area contributed by atoms with Gasteiger partial charge in [0, 0.05) is 30.9 Å². The van der Waals surface area contributed by atoms with Crippen molar-refractivity contribution in [2.24, 2.45) is 0 Å². The lowest BCUT2D eigenvalue weighted by atomic mass is 10.0. The molecule has 0 radical (unpaired) electrons. The molecule has 0 aliphatic carbocycles. The molecule has 108 valence electrons. The van der Waals surface area contributed by atoms with Crippen molar-refractivity contribution in [3.63, 3.8) is 0 Å². The van der Waals surface area contributed by atoms with Gasteiger partial charge in [-0.1, -0.05) is 25.8 Å². The van der Waals surface area contributed by atoms with Crippen LogP contribution in [-0.4, -0.2) is 27.7 Å². The van der Waals surface area contributed by atoms with Crippen molar-refractivity contribution in [2.75, 3.05) is 32.6 Å². The highest BCUT2D eigenvalue weighted by Gasteiger charge is 2.17. The highest BCUT2D eigenvalue weighted by atomic mass is 16.5. The van der Waals surface area contributed by atoms with Crippen molar-refractivity contribution >= 4 is 5.69 Å². The highest BCUT2D eigenvalue weighted by Crippen LogP contribution is 2.34. The molecule has 3 nitrogen and oxygen atoms in total. The molecule has 0 fully saturated rings. The van der Waals surface area contributed by atoms with E-state index in [1.165, 1.54) is 30.5 Å². The lowest BCUT2D eigenvalue weighted by Crippen LogP contribution is -2.23. The van der Waals surface area contributed by atoms with E-state index < -0.39 is 0 Å². The van der Waals surface area contributed by atoms with Crippen LogP contribution in [-0.2, 0) is 0 Å². The zero-order chi connectivity index (χ0) is 14.3. The molecule has 3 heteroatoms. The maximum Gasteiger partial charge on any atom is 0.125 e. The quantitative estimate of drug-likeness (QED) is 0.726. The summed E-state index contributed by atoms with van der Waals surface area (Å²) in [4.78, 5) is 2.33. The molecule has 0 aliphatic rings. The third kappa shape index (κ3) is 4.13. The molecular formula is C16H28N2O. The van der Waals surface area contributed by atoms with Crippen LogP contribution in [0.5, 0.6) is 5.75 Å². The maximum atomic E-state index is 5.52. The summed E-state index contributed by atoms with van der Waals surface area (Å²) in [5.74, 6) is 0.960. The number of ether oxygens (including phenoxy) is 1. The van der Waals surface area contributed by atoms with Crippen molar-refractivity contribution in [3.8, 4) is 5.75 Å². The molecule has 0 aliphatic heterocycles. The van der Waals surface area contributed by atoms with Gasteiger partial charge in [-0.05, 0) is 32.5 Å². The number of methoxy groups -OCH3 is 1. The first-order valence-electron chi connectivity index (χ1n) is 7.21. The van der Waals surface area contributed by atoms with E-state index in [9.17, 15) is 0 Å². The molecule has 1 aromatic carbocycles. The molecule has 0 saturated carbocycles. The van der Waals surface area contributed by atoms with Gasteiger partial charge in [-0.15, -0.1) is 0 Å². The van der Waals surface area contributed by atoms with Gasteiger partial charge in [-0.25, -0.2) is 0 Å². The Labute approximate surface area is 118 Å². The number of hydrogen-bond donors (Lipinski definition) is 1. The van der Waals surface area contributed by atoms with E-state index in [4.69, 9.17) is 4.74 Å². The number of nitrogens with zero attached hydrogens (tertiary/aromatic N) is 1. The van der Waals surface area contributed by atoms with Gasteiger partial charge in [-0.3, -0.25) is 0 Å². The van der Waals surface area contributed by atoms with Crippen LogP contribution in [0.25, 0.3) is 0 Å². The largest absolute Gasteiger partial charge is 0.496 e. The Balaban J connectivity index is 2.98. The molecule has 1 rings (SSSR count). The minimum absolute atomic E-state index is 0.278. The van der Waals surface area contributed by atoms with Gasteiger partial charge >= 0.3 is 0 Å². The van der Waals surface area contributed by atoms with Crippen LogP contribution >= 0.6 is 0 Å². The van der Waals surface area contributed by atoms with E-state index >= 15 is 0 Å². The standard InChI is InChI=1S/C16H28N2O/c1-6-7-8-12-18(4)14-10-9-11-15(19-5)16(14)13(2)17-3/h9-11,13,17H,6-8,12H2,1-5H3. The second-order valence-electron chi connectivity index (χ2n) is 5.03. The number of rotatable bonds is 8. The monoisotopic (exact) mass is 264 g/mol. The van der Waals surface area contributed by atoms with Gasteiger partial charge in [0.05, 0.1) is 7.11 Å². The van der Waals surface area contributed by atoms with Crippen molar-refractivity contribution in [2.45, 2.75) is 39.2 Å². The number of nitrogens with one attached hydrogen (secondary N) is 1. The Morgan fingerprint density at radius 3 is 2.63 bits per heavy atom. The number of anilines is 1. The zero-order valence-corrected chi connectivity index (χ0v) is 13.0. The second kappa shape index (κ2) is 8.05. The second-order valence-corrected chi connectivity index (χ2v) is 5.03. The third-order valence-electron chi connectivity index (χ3n) is 3.64. The predicted molar refractivity (Wildman–Crippen MR) is 83.3 cm³/mol. The third-order valence-corrected chi connectivity index (χ3v) is 3.64. The van der Waals surface area contributed by atoms with Crippen LogP contribution in [0, 0.1) is 0 Å². The first kappa shape index (κ1) is 15.8. The van der Waals surface area contributed by atoms with Crippen molar-refractivity contribution in [3.05, 3.63) is 23.8 Å². The smallest absolute Gasteiger partial charge is 0.125 e. The SMILES string of the molecule is CCCCCN(C)c1cccc(OC)c1C(C)NC. The average Bonchev–Trinajstić information content (AvgIpc) is 2.45. The summed E-state index contributed by atoms with van der Waals surface area (Å²) >= 11 is 0. The normalized spacial score (nSPS) is 12.3. The summed E-state index contributed by atoms with van der Waals surface area (Å²) in [6.45, 7) is 5.49. The minimum Gasteiger partial charge on any atom is -0.496 e. The first-order valence-corrected chi connectivity index (χ1v) is 7.21. The van der Waals surface area contributed by atoms with Crippen LogP contribution in [0.15, 0.2) is 18.2 Å². The summed E-state index contributed by atoms with van der Waals surface area (Å²) in [6, 6.07) is 6.56. The summed E-state index contributed by atoms with van der Waals surface area (Å²) in [7, 11) is 5.89. The zero-order valence-electron chi connectivity index (χ0n) is 13.0. The van der Waals surface area contributed by atoms with Crippen LogP contribution < -0.4 is 15.0 Å². The van der Waals surface area contributed by atoms with Gasteiger partial charge in [-0.2, -0.15) is 0 Å². The Morgan fingerprint density at radius 2 is 2.05 bits per heavy atom. The van der Waals surface area contributed by atoms with Crippen molar-refractivity contribution in [1.82, 2.24) is 5.32 Å². The Morgan fingerprint density at radius 1 is 1.32 bits per heavy atom. The molecular weight excluding hydrogens is 236 g/mol. The minimum atomic E-state index is 0.278. The molecule has 1 aromatic rings. The van der Waals surface area contributed by atoms with E-state index in [0.717, 1.165) is 12.3 Å². The van der Waals surface area contributed by atoms with Gasteiger partial charge in [0.25, 0.3) is 0 Å². The fourth-order valence-corrected chi connectivity index (χ4v) is 2.34. The van der Waals surface area contributed by atoms with E-state index in [1.54, 1.807) is 7.11 Å². The molecule has 0 aromatic heterocycles. The van der Waals surface area contributed by atoms with Crippen molar-refractivity contribution < 1.29 is 4.74 Å². The number of benzene rings is 1. The topological polar surface area (TPSA) is 24.5 Å². The summed E-state index contributed by atoms with van der Waals surface area (Å²) < 4.78 is 5.52. The molecule has 1 atom stereocenters. The lowest BCUT2D eigenvalue weighted by molar-refractivity contribution is 0.404. The maximum absolute atomic E-state index is 5.52. The Hall–Kier alpha value is -1.22. The lowest BCUT2D eigenvalue weighted by Gasteiger charge is -2.26. The first-order chi connectivity index (χ1) is 9.15. The summed E-state index contributed by atoms with van der Waals surface area (Å²) in [5, 5.41) is 3.31. The molecule has 0 bridgehead atoms. The molecule has 0 amide bonds. The van der Waals surface area contributed by atoms with Gasteiger partial charge in [0.1, 0.15) is 5.75 Å². The predicted octanol–water partition coefficient (Wildman–Crippen LogP) is 3.60. The molecule has 19 heavy (non-hydrogen) atoms. The van der Waals surface area contributed by atoms with E-state index in [0.29, 0.717) is 0 Å².